The number of imidazole rings is 1. The van der Waals surface area contributed by atoms with Crippen molar-refractivity contribution >= 4 is 5.91 Å². The van der Waals surface area contributed by atoms with Crippen LogP contribution < -0.4 is 11.1 Å². The summed E-state index contributed by atoms with van der Waals surface area (Å²) in [5.41, 5.74) is 7.74. The van der Waals surface area contributed by atoms with E-state index in [0.29, 0.717) is 18.7 Å². The third-order valence-electron chi connectivity index (χ3n) is 3.00. The topological polar surface area (TPSA) is 72.9 Å². The van der Waals surface area contributed by atoms with E-state index in [0.717, 1.165) is 17.0 Å². The predicted octanol–water partition coefficient (Wildman–Crippen LogP) is 0.969. The van der Waals surface area contributed by atoms with E-state index in [1.807, 2.05) is 36.9 Å². The number of nitrogens with two attached hydrogens (primary N) is 1. The van der Waals surface area contributed by atoms with Crippen molar-refractivity contribution in [2.75, 3.05) is 6.54 Å². The Balaban J connectivity index is 2.11. The zero-order valence-corrected chi connectivity index (χ0v) is 12.2. The second kappa shape index (κ2) is 6.73. The maximum absolute atomic E-state index is 12.2. The smallest absolute Gasteiger partial charge is 0.251 e. The van der Waals surface area contributed by atoms with E-state index in [1.165, 1.54) is 0 Å². The van der Waals surface area contributed by atoms with Crippen LogP contribution in [-0.2, 0) is 13.6 Å². The summed E-state index contributed by atoms with van der Waals surface area (Å²) in [7, 11) is 1.89. The SMILES string of the molecule is Cc1cc(C#CCN)cc(C(=O)NCc2nccn2C)c1. The lowest BCUT2D eigenvalue weighted by Gasteiger charge is -2.07. The first-order chi connectivity index (χ1) is 10.1. The van der Waals surface area contributed by atoms with Crippen LogP contribution >= 0.6 is 0 Å². The van der Waals surface area contributed by atoms with Gasteiger partial charge in [0.15, 0.2) is 0 Å². The van der Waals surface area contributed by atoms with Crippen molar-refractivity contribution in [3.05, 3.63) is 53.1 Å². The molecule has 2 aromatic rings. The maximum Gasteiger partial charge on any atom is 0.251 e. The lowest BCUT2D eigenvalue weighted by Crippen LogP contribution is -2.24. The van der Waals surface area contributed by atoms with Gasteiger partial charge in [-0.3, -0.25) is 4.79 Å². The third-order valence-corrected chi connectivity index (χ3v) is 3.00. The molecule has 0 radical (unpaired) electrons. The highest BCUT2D eigenvalue weighted by Gasteiger charge is 2.08. The monoisotopic (exact) mass is 282 g/mol. The van der Waals surface area contributed by atoms with Gasteiger partial charge in [0.2, 0.25) is 0 Å². The molecular formula is C16H18N4O. The van der Waals surface area contributed by atoms with Gasteiger partial charge < -0.3 is 15.6 Å². The molecule has 0 saturated carbocycles. The summed E-state index contributed by atoms with van der Waals surface area (Å²) < 4.78 is 1.87. The fourth-order valence-corrected chi connectivity index (χ4v) is 1.97. The van der Waals surface area contributed by atoms with E-state index in [2.05, 4.69) is 22.1 Å². The van der Waals surface area contributed by atoms with E-state index in [-0.39, 0.29) is 5.91 Å². The Morgan fingerprint density at radius 3 is 2.90 bits per heavy atom. The van der Waals surface area contributed by atoms with Gasteiger partial charge in [-0.15, -0.1) is 0 Å². The molecule has 0 fully saturated rings. The van der Waals surface area contributed by atoms with Crippen molar-refractivity contribution in [1.82, 2.24) is 14.9 Å². The number of nitrogens with one attached hydrogen (secondary N) is 1. The first-order valence-electron chi connectivity index (χ1n) is 6.65. The highest BCUT2D eigenvalue weighted by molar-refractivity contribution is 5.94. The zero-order valence-electron chi connectivity index (χ0n) is 12.2. The van der Waals surface area contributed by atoms with Crippen LogP contribution in [0.15, 0.2) is 30.6 Å². The van der Waals surface area contributed by atoms with E-state index in [1.54, 1.807) is 12.3 Å². The Hall–Kier alpha value is -2.58. The summed E-state index contributed by atoms with van der Waals surface area (Å²) >= 11 is 0. The van der Waals surface area contributed by atoms with Crippen LogP contribution in [0.1, 0.15) is 27.3 Å². The number of hydrogen-bond acceptors (Lipinski definition) is 3. The van der Waals surface area contributed by atoms with Gasteiger partial charge in [0, 0.05) is 30.6 Å². The van der Waals surface area contributed by atoms with Crippen LogP contribution in [0.2, 0.25) is 0 Å². The van der Waals surface area contributed by atoms with Crippen molar-refractivity contribution in [3.63, 3.8) is 0 Å². The number of carbonyl (C=O) groups excluding carboxylic acids is 1. The number of aryl methyl sites for hydroxylation is 2. The molecule has 21 heavy (non-hydrogen) atoms. The van der Waals surface area contributed by atoms with Gasteiger partial charge in [-0.2, -0.15) is 0 Å². The second-order valence-electron chi connectivity index (χ2n) is 4.73. The molecule has 0 bridgehead atoms. The molecule has 1 amide bonds. The molecule has 0 spiro atoms. The minimum Gasteiger partial charge on any atom is -0.345 e. The highest BCUT2D eigenvalue weighted by Crippen LogP contribution is 2.09. The molecule has 1 aromatic heterocycles. The molecule has 0 unspecified atom stereocenters. The average molecular weight is 282 g/mol. The quantitative estimate of drug-likeness (QED) is 0.824. The van der Waals surface area contributed by atoms with E-state index in [4.69, 9.17) is 5.73 Å². The van der Waals surface area contributed by atoms with Crippen LogP contribution in [0.25, 0.3) is 0 Å². The molecule has 0 aliphatic carbocycles. The minimum absolute atomic E-state index is 0.141. The van der Waals surface area contributed by atoms with Crippen molar-refractivity contribution in [2.45, 2.75) is 13.5 Å². The molecule has 0 atom stereocenters. The van der Waals surface area contributed by atoms with Gasteiger partial charge in [0.1, 0.15) is 5.82 Å². The molecule has 5 heteroatoms. The maximum atomic E-state index is 12.2. The number of amides is 1. The molecule has 1 heterocycles. The lowest BCUT2D eigenvalue weighted by atomic mass is 10.1. The fourth-order valence-electron chi connectivity index (χ4n) is 1.97. The Morgan fingerprint density at radius 2 is 2.24 bits per heavy atom. The second-order valence-corrected chi connectivity index (χ2v) is 4.73. The number of nitrogens with zero attached hydrogens (tertiary/aromatic N) is 2. The van der Waals surface area contributed by atoms with Crippen LogP contribution in [-0.4, -0.2) is 22.0 Å². The molecule has 108 valence electrons. The van der Waals surface area contributed by atoms with Crippen LogP contribution in [0.4, 0.5) is 0 Å². The van der Waals surface area contributed by atoms with Crippen molar-refractivity contribution in [3.8, 4) is 11.8 Å². The van der Waals surface area contributed by atoms with Gasteiger partial charge in [-0.1, -0.05) is 11.8 Å². The molecule has 0 aliphatic rings. The van der Waals surface area contributed by atoms with E-state index >= 15 is 0 Å². The number of aromatic nitrogens is 2. The molecule has 3 N–H and O–H groups in total. The summed E-state index contributed by atoms with van der Waals surface area (Å²) in [6.07, 6.45) is 3.54. The highest BCUT2D eigenvalue weighted by atomic mass is 16.1. The van der Waals surface area contributed by atoms with Gasteiger partial charge in [0.25, 0.3) is 5.91 Å². The number of benzene rings is 1. The minimum atomic E-state index is -0.141. The van der Waals surface area contributed by atoms with Crippen LogP contribution in [0.3, 0.4) is 0 Å². The molecular weight excluding hydrogens is 264 g/mol. The van der Waals surface area contributed by atoms with Gasteiger partial charge in [-0.25, -0.2) is 4.98 Å². The van der Waals surface area contributed by atoms with Gasteiger partial charge in [0.05, 0.1) is 13.1 Å². The fraction of sp³-hybridized carbons (Fsp3) is 0.250. The molecule has 1 aromatic carbocycles. The molecule has 0 aliphatic heterocycles. The van der Waals surface area contributed by atoms with Crippen LogP contribution in [0, 0.1) is 18.8 Å². The normalized spacial score (nSPS) is 9.86. The summed E-state index contributed by atoms with van der Waals surface area (Å²) in [5.74, 6) is 6.40. The summed E-state index contributed by atoms with van der Waals surface area (Å²) in [5, 5.41) is 2.86. The summed E-state index contributed by atoms with van der Waals surface area (Å²) in [4.78, 5) is 16.4. The Bertz CT molecular complexity index is 707. The predicted molar refractivity (Wildman–Crippen MR) is 81.5 cm³/mol. The van der Waals surface area contributed by atoms with Crippen molar-refractivity contribution < 1.29 is 4.79 Å². The Kier molecular flexibility index (Phi) is 4.75. The number of rotatable bonds is 3. The van der Waals surface area contributed by atoms with Gasteiger partial charge in [-0.05, 0) is 30.7 Å². The third kappa shape index (κ3) is 3.94. The first kappa shape index (κ1) is 14.8. The standard InChI is InChI=1S/C16H18N4O/c1-12-8-13(4-3-5-17)10-14(9-12)16(21)19-11-15-18-6-7-20(15)2/h6-10H,5,11,17H2,1-2H3,(H,19,21). The van der Waals surface area contributed by atoms with Gasteiger partial charge >= 0.3 is 0 Å². The Morgan fingerprint density at radius 1 is 1.43 bits per heavy atom. The van der Waals surface area contributed by atoms with Crippen molar-refractivity contribution in [1.29, 1.82) is 0 Å². The largest absolute Gasteiger partial charge is 0.345 e. The lowest BCUT2D eigenvalue weighted by molar-refractivity contribution is 0.0949. The molecule has 2 rings (SSSR count). The average Bonchev–Trinajstić information content (AvgIpc) is 2.87. The van der Waals surface area contributed by atoms with Crippen molar-refractivity contribution in [2.24, 2.45) is 12.8 Å². The van der Waals surface area contributed by atoms with Crippen LogP contribution in [0.5, 0.6) is 0 Å². The Labute approximate surface area is 124 Å². The number of hydrogen-bond donors (Lipinski definition) is 2. The first-order valence-corrected chi connectivity index (χ1v) is 6.65. The number of carbonyl (C=O) groups is 1. The summed E-state index contributed by atoms with van der Waals surface area (Å²) in [6.45, 7) is 2.62. The molecule has 5 nitrogen and oxygen atoms in total. The zero-order chi connectivity index (χ0) is 15.2. The van der Waals surface area contributed by atoms with E-state index < -0.39 is 0 Å². The summed E-state index contributed by atoms with van der Waals surface area (Å²) in [6, 6.07) is 5.53. The van der Waals surface area contributed by atoms with E-state index in [9.17, 15) is 4.79 Å². The molecule has 0 saturated heterocycles.